The Balaban J connectivity index is 0.0000102. The minimum atomic E-state index is 0. The van der Waals surface area contributed by atoms with E-state index >= 15 is 0 Å². The van der Waals surface area contributed by atoms with Gasteiger partial charge in [-0.05, 0) is 217 Å². The molecule has 0 saturated carbocycles. The summed E-state index contributed by atoms with van der Waals surface area (Å²) in [5.74, 6) is 2.71. The van der Waals surface area contributed by atoms with Crippen molar-refractivity contribution in [3.8, 4) is 45.6 Å². The Morgan fingerprint density at radius 1 is 0.213 bits per heavy atom. The monoisotopic (exact) mass is 1250 g/mol. The fourth-order valence-electron chi connectivity index (χ4n) is 14.0. The molecule has 0 spiro atoms. The topological polar surface area (TPSA) is 106 Å². The summed E-state index contributed by atoms with van der Waals surface area (Å²) in [7, 11) is 0. The number of aromatic nitrogens is 8. The van der Waals surface area contributed by atoms with E-state index in [9.17, 15) is 0 Å². The molecular weight excluding hydrogens is 1140 g/mol. The van der Waals surface area contributed by atoms with E-state index in [0.29, 0.717) is 45.9 Å². The Morgan fingerprint density at radius 3 is 0.551 bits per heavy atom. The van der Waals surface area contributed by atoms with Crippen LogP contribution in [0.3, 0.4) is 0 Å². The summed E-state index contributed by atoms with van der Waals surface area (Å²) < 4.78 is 0. The average Bonchev–Trinajstić information content (AvgIpc) is 1.84. The first-order chi connectivity index (χ1) is 43.3. The zero-order valence-electron chi connectivity index (χ0n) is 56.8. The second-order valence-corrected chi connectivity index (χ2v) is 26.6. The van der Waals surface area contributed by atoms with Gasteiger partial charge in [-0.1, -0.05) is 209 Å². The van der Waals surface area contributed by atoms with Gasteiger partial charge >= 0.3 is 17.1 Å². The van der Waals surface area contributed by atoms with Gasteiger partial charge in [-0.3, -0.25) is 0 Å². The third-order valence-electron chi connectivity index (χ3n) is 19.4. The molecule has 0 aliphatic carbocycles. The first-order valence-corrected chi connectivity index (χ1v) is 36.7. The van der Waals surface area contributed by atoms with Crippen molar-refractivity contribution < 1.29 is 17.1 Å². The van der Waals surface area contributed by atoms with Gasteiger partial charge in [0.2, 0.25) is 0 Å². The van der Waals surface area contributed by atoms with E-state index in [2.05, 4.69) is 104 Å². The molecule has 0 fully saturated rings. The van der Waals surface area contributed by atoms with Crippen molar-refractivity contribution >= 4 is 44.1 Å². The SMILES string of the molecule is CCCCCCc1cc2c(cc1CCCCCC)-c1nc-2nc2[n-]c(nc3nc(nc4[n-]c(n1)c1cc(CCCCCC)c(CCCCCC)cc41)-c1cc(CCCCCC)c(CCCCCC)cc1-3)c1cc(CCCCCC)c(CCCCCC)cc21.[Cu+2]. The van der Waals surface area contributed by atoms with E-state index in [1.807, 2.05) is 0 Å². The summed E-state index contributed by atoms with van der Waals surface area (Å²) in [6.07, 6.45) is 47.4. The average molecular weight is 1250 g/mol. The van der Waals surface area contributed by atoms with E-state index in [-0.39, 0.29) is 17.1 Å². The largest absolute Gasteiger partial charge is 2.00 e. The van der Waals surface area contributed by atoms with Gasteiger partial charge in [0.1, 0.15) is 0 Å². The molecule has 5 heterocycles. The van der Waals surface area contributed by atoms with Crippen LogP contribution in [0.25, 0.3) is 89.7 Å². The van der Waals surface area contributed by atoms with E-state index in [0.717, 1.165) is 95.2 Å². The Hall–Kier alpha value is -5.24. The van der Waals surface area contributed by atoms with Gasteiger partial charge < -0.3 is 29.9 Å². The van der Waals surface area contributed by atoms with Crippen molar-refractivity contribution in [1.29, 1.82) is 0 Å². The molecule has 0 amide bonds. The molecule has 7 aromatic rings. The smallest absolute Gasteiger partial charge is 0.357 e. The van der Waals surface area contributed by atoms with E-state index in [1.165, 1.54) is 250 Å². The molecule has 2 aliphatic heterocycles. The normalized spacial score (nSPS) is 12.0. The summed E-state index contributed by atoms with van der Waals surface area (Å²) in [5, 5.41) is 4.18. The Kier molecular flexibility index (Phi) is 28.7. The maximum atomic E-state index is 5.72. The molecule has 9 rings (SSSR count). The molecule has 4 aromatic carbocycles. The van der Waals surface area contributed by atoms with Crippen molar-refractivity contribution in [2.24, 2.45) is 0 Å². The fourth-order valence-corrected chi connectivity index (χ4v) is 14.0. The number of nitrogens with zero attached hydrogens (tertiary/aromatic N) is 8. The van der Waals surface area contributed by atoms with Crippen molar-refractivity contribution in [3.63, 3.8) is 0 Å². The van der Waals surface area contributed by atoms with Crippen LogP contribution in [0.5, 0.6) is 0 Å². The zero-order chi connectivity index (χ0) is 61.5. The number of hydrogen-bond acceptors (Lipinski definition) is 6. The Labute approximate surface area is 548 Å². The molecule has 9 heteroatoms. The molecule has 89 heavy (non-hydrogen) atoms. The molecule has 0 atom stereocenters. The van der Waals surface area contributed by atoms with Crippen molar-refractivity contribution in [3.05, 3.63) is 93.0 Å². The first-order valence-electron chi connectivity index (χ1n) is 36.7. The number of fused-ring (bicyclic) bond motifs is 20. The van der Waals surface area contributed by atoms with Gasteiger partial charge in [0.05, 0.1) is 23.3 Å². The molecule has 8 nitrogen and oxygen atoms in total. The number of aryl methyl sites for hydroxylation is 8. The van der Waals surface area contributed by atoms with Gasteiger partial charge in [-0.15, -0.1) is 0 Å². The van der Waals surface area contributed by atoms with Crippen LogP contribution < -0.4 is 9.97 Å². The number of hydrogen-bond donors (Lipinski definition) is 0. The van der Waals surface area contributed by atoms with Crippen molar-refractivity contribution in [2.75, 3.05) is 0 Å². The van der Waals surface area contributed by atoms with Crippen molar-refractivity contribution in [2.45, 2.75) is 312 Å². The number of benzene rings is 4. The summed E-state index contributed by atoms with van der Waals surface area (Å²) in [5.41, 5.74) is 18.3. The second-order valence-electron chi connectivity index (χ2n) is 26.6. The van der Waals surface area contributed by atoms with Crippen LogP contribution >= 0.6 is 0 Å². The Morgan fingerprint density at radius 2 is 0.382 bits per heavy atom. The summed E-state index contributed by atoms with van der Waals surface area (Å²) in [6, 6.07) is 19.6. The molecule has 0 unspecified atom stereocenters. The molecule has 483 valence electrons. The number of unbranched alkanes of at least 4 members (excludes halogenated alkanes) is 24. The van der Waals surface area contributed by atoms with Crippen LogP contribution in [-0.4, -0.2) is 29.9 Å². The van der Waals surface area contributed by atoms with Crippen LogP contribution in [-0.2, 0) is 68.4 Å². The van der Waals surface area contributed by atoms with Crippen LogP contribution in [0, 0.1) is 0 Å². The minimum absolute atomic E-state index is 0. The second kappa shape index (κ2) is 36.7. The predicted molar refractivity (Wildman–Crippen MR) is 377 cm³/mol. The molecular formula is C80H112CuN8. The molecule has 1 radical (unpaired) electrons. The van der Waals surface area contributed by atoms with Crippen LogP contribution in [0.15, 0.2) is 48.5 Å². The van der Waals surface area contributed by atoms with Gasteiger partial charge in [0.25, 0.3) is 0 Å². The van der Waals surface area contributed by atoms with E-state index < -0.39 is 0 Å². The maximum Gasteiger partial charge on any atom is 2.00 e. The molecule has 8 bridgehead atoms. The van der Waals surface area contributed by atoms with Gasteiger partial charge in [-0.25, -0.2) is 9.97 Å². The number of rotatable bonds is 40. The van der Waals surface area contributed by atoms with Gasteiger partial charge in [-0.2, -0.15) is 0 Å². The molecule has 0 saturated heterocycles. The maximum absolute atomic E-state index is 5.72. The summed E-state index contributed by atoms with van der Waals surface area (Å²) >= 11 is 0. The summed E-state index contributed by atoms with van der Waals surface area (Å²) in [6.45, 7) is 18.5. The van der Waals surface area contributed by atoms with E-state index in [4.69, 9.17) is 39.9 Å². The molecule has 0 N–H and O–H groups in total. The fraction of sp³-hybridized carbons (Fsp3) is 0.600. The van der Waals surface area contributed by atoms with Crippen LogP contribution in [0.1, 0.15) is 305 Å². The third kappa shape index (κ3) is 18.5. The zero-order valence-corrected chi connectivity index (χ0v) is 57.7. The third-order valence-corrected chi connectivity index (χ3v) is 19.4. The predicted octanol–water partition coefficient (Wildman–Crippen LogP) is 23.1. The van der Waals surface area contributed by atoms with Crippen LogP contribution in [0.4, 0.5) is 0 Å². The standard InChI is InChI=1S/C80H112N8.Cu/c1-9-17-25-33-41-57-49-65-66(50-58(57)42-34-26-18-10-2)74-81-73(65)85-75-67-51-59(43-35-27-19-11-3)60(44-36-28-20-12-4)52-68(67)77(82-75)87-79-71-55-63(47-39-31-23-15-7)64(48-40-32-24-16-8)56-72(71)80(84-79)88-78-70-54-62(46-38-30-22-14-6)61(45-37-29-21-13-5)53-69(70)76(83-78)86-74;/h49-56H,9-48H2,1-8H3;/q-2;+2. The quantitative estimate of drug-likeness (QED) is 0.0276. The first kappa shape index (κ1) is 69.6. The van der Waals surface area contributed by atoms with Gasteiger partial charge in [0, 0.05) is 44.8 Å². The van der Waals surface area contributed by atoms with Crippen LogP contribution in [0.2, 0.25) is 0 Å². The molecule has 2 aliphatic rings. The van der Waals surface area contributed by atoms with Gasteiger partial charge in [0.15, 0.2) is 0 Å². The molecule has 3 aromatic heterocycles. The summed E-state index contributed by atoms with van der Waals surface area (Å²) in [4.78, 5) is 45.3. The van der Waals surface area contributed by atoms with Crippen molar-refractivity contribution in [1.82, 2.24) is 39.9 Å². The minimum Gasteiger partial charge on any atom is -0.357 e. The Bertz CT molecular complexity index is 3060. The van der Waals surface area contributed by atoms with E-state index in [1.54, 1.807) is 0 Å².